The van der Waals surface area contributed by atoms with Crippen LogP contribution in [0, 0.1) is 5.82 Å². The van der Waals surface area contributed by atoms with Crippen molar-refractivity contribution in [1.82, 2.24) is 0 Å². The average molecular weight is 325 g/mol. The minimum absolute atomic E-state index is 0.0815. The van der Waals surface area contributed by atoms with Crippen molar-refractivity contribution in [3.05, 3.63) is 77.3 Å². The maximum atomic E-state index is 13.2. The summed E-state index contributed by atoms with van der Waals surface area (Å²) in [6.45, 7) is 1.68. The van der Waals surface area contributed by atoms with Gasteiger partial charge in [-0.25, -0.2) is 4.39 Å². The fraction of sp³-hybridized carbons (Fsp3) is 0.158. The van der Waals surface area contributed by atoms with Gasteiger partial charge in [0.25, 0.3) is 5.91 Å². The van der Waals surface area contributed by atoms with Crippen LogP contribution < -0.4 is 4.90 Å². The van der Waals surface area contributed by atoms with Gasteiger partial charge in [0.1, 0.15) is 5.82 Å². The normalized spacial score (nSPS) is 17.5. The fourth-order valence-corrected chi connectivity index (χ4v) is 2.90. The smallest absolute Gasteiger partial charge is 0.294 e. The molecule has 0 fully saturated rings. The third kappa shape index (κ3) is 2.58. The van der Waals surface area contributed by atoms with E-state index in [1.165, 1.54) is 29.2 Å². The van der Waals surface area contributed by atoms with Crippen LogP contribution in [0.2, 0.25) is 0 Å². The number of benzene rings is 2. The van der Waals surface area contributed by atoms with Gasteiger partial charge >= 0.3 is 0 Å². The summed E-state index contributed by atoms with van der Waals surface area (Å²) in [6.07, 6.45) is 0.174. The average Bonchev–Trinajstić information content (AvgIpc) is 2.87. The second-order valence-electron chi connectivity index (χ2n) is 5.50. The summed E-state index contributed by atoms with van der Waals surface area (Å²) in [5.41, 5.74) is 1.20. The third-order valence-electron chi connectivity index (χ3n) is 4.05. The Balaban J connectivity index is 2.16. The molecule has 0 bridgehead atoms. The highest BCUT2D eigenvalue weighted by Gasteiger charge is 2.43. The third-order valence-corrected chi connectivity index (χ3v) is 4.05. The van der Waals surface area contributed by atoms with Crippen LogP contribution in [0.15, 0.2) is 65.9 Å². The summed E-state index contributed by atoms with van der Waals surface area (Å²) in [4.78, 5) is 26.2. The van der Waals surface area contributed by atoms with E-state index in [9.17, 15) is 19.1 Å². The number of halogens is 1. The molecule has 1 amide bonds. The number of rotatable bonds is 4. The standard InChI is InChI=1S/C19H16FNO3/c1-2-15(22)16-17(12-6-4-3-5-7-12)21(19(24)18(16)23)14-10-8-13(20)9-11-14/h3-11,17,23H,2H2,1H3. The molecule has 1 aliphatic rings. The summed E-state index contributed by atoms with van der Waals surface area (Å²) in [6, 6.07) is 13.7. The van der Waals surface area contributed by atoms with E-state index in [2.05, 4.69) is 0 Å². The summed E-state index contributed by atoms with van der Waals surface area (Å²) in [5, 5.41) is 10.3. The van der Waals surface area contributed by atoms with Crippen molar-refractivity contribution >= 4 is 17.4 Å². The highest BCUT2D eigenvalue weighted by atomic mass is 19.1. The van der Waals surface area contributed by atoms with Gasteiger partial charge in [0.05, 0.1) is 11.6 Å². The van der Waals surface area contributed by atoms with Crippen molar-refractivity contribution in [3.8, 4) is 0 Å². The number of carbonyl (C=O) groups is 2. The van der Waals surface area contributed by atoms with Crippen LogP contribution in [-0.2, 0) is 9.59 Å². The summed E-state index contributed by atoms with van der Waals surface area (Å²) in [5.74, 6) is -1.92. The molecular weight excluding hydrogens is 309 g/mol. The second kappa shape index (κ2) is 6.28. The Morgan fingerprint density at radius 2 is 1.75 bits per heavy atom. The molecule has 2 aromatic carbocycles. The Bertz CT molecular complexity index is 812. The molecule has 3 rings (SSSR count). The Kier molecular flexibility index (Phi) is 4.16. The first-order valence-corrected chi connectivity index (χ1v) is 7.65. The molecule has 24 heavy (non-hydrogen) atoms. The molecule has 0 aromatic heterocycles. The topological polar surface area (TPSA) is 57.6 Å². The van der Waals surface area contributed by atoms with Crippen molar-refractivity contribution < 1.29 is 19.1 Å². The first kappa shape index (κ1) is 15.9. The molecule has 1 aliphatic heterocycles. The number of hydrogen-bond donors (Lipinski definition) is 1. The van der Waals surface area contributed by atoms with Gasteiger partial charge in [-0.1, -0.05) is 37.3 Å². The molecular formula is C19H16FNO3. The van der Waals surface area contributed by atoms with Crippen molar-refractivity contribution in [2.24, 2.45) is 0 Å². The largest absolute Gasteiger partial charge is 0.503 e. The number of ketones is 1. The van der Waals surface area contributed by atoms with E-state index in [0.717, 1.165) is 0 Å². The lowest BCUT2D eigenvalue weighted by Crippen LogP contribution is -2.30. The molecule has 0 spiro atoms. The van der Waals surface area contributed by atoms with E-state index in [1.807, 2.05) is 6.07 Å². The Morgan fingerprint density at radius 3 is 2.33 bits per heavy atom. The first-order chi connectivity index (χ1) is 11.5. The molecule has 4 nitrogen and oxygen atoms in total. The maximum Gasteiger partial charge on any atom is 0.294 e. The highest BCUT2D eigenvalue weighted by molar-refractivity contribution is 6.16. The van der Waals surface area contributed by atoms with Gasteiger partial charge in [0.2, 0.25) is 0 Å². The quantitative estimate of drug-likeness (QED) is 0.932. The van der Waals surface area contributed by atoms with E-state index < -0.39 is 23.5 Å². The van der Waals surface area contributed by atoms with Gasteiger partial charge in [-0.15, -0.1) is 0 Å². The van der Waals surface area contributed by atoms with Crippen LogP contribution >= 0.6 is 0 Å². The number of aliphatic hydroxyl groups excluding tert-OH is 1. The minimum atomic E-state index is -0.725. The van der Waals surface area contributed by atoms with Gasteiger partial charge in [-0.05, 0) is 29.8 Å². The van der Waals surface area contributed by atoms with Crippen LogP contribution in [0.1, 0.15) is 24.9 Å². The molecule has 1 unspecified atom stereocenters. The summed E-state index contributed by atoms with van der Waals surface area (Å²) in [7, 11) is 0. The lowest BCUT2D eigenvalue weighted by molar-refractivity contribution is -0.118. The van der Waals surface area contributed by atoms with E-state index in [1.54, 1.807) is 31.2 Å². The molecule has 122 valence electrons. The number of nitrogens with zero attached hydrogens (tertiary/aromatic N) is 1. The zero-order chi connectivity index (χ0) is 17.3. The van der Waals surface area contributed by atoms with Crippen molar-refractivity contribution in [1.29, 1.82) is 0 Å². The van der Waals surface area contributed by atoms with Gasteiger partial charge in [-0.3, -0.25) is 14.5 Å². The van der Waals surface area contributed by atoms with Crippen molar-refractivity contribution in [2.45, 2.75) is 19.4 Å². The lowest BCUT2D eigenvalue weighted by atomic mass is 9.95. The number of anilines is 1. The van der Waals surface area contributed by atoms with Crippen LogP contribution in [0.3, 0.4) is 0 Å². The fourth-order valence-electron chi connectivity index (χ4n) is 2.90. The number of hydrogen-bond acceptors (Lipinski definition) is 3. The zero-order valence-corrected chi connectivity index (χ0v) is 13.1. The second-order valence-corrected chi connectivity index (χ2v) is 5.50. The number of carbonyl (C=O) groups excluding carboxylic acids is 2. The molecule has 0 radical (unpaired) electrons. The van der Waals surface area contributed by atoms with Gasteiger partial charge in [0.15, 0.2) is 11.5 Å². The van der Waals surface area contributed by atoms with E-state index in [-0.39, 0.29) is 17.8 Å². The molecule has 1 heterocycles. The van der Waals surface area contributed by atoms with E-state index in [4.69, 9.17) is 0 Å². The molecule has 0 saturated carbocycles. The van der Waals surface area contributed by atoms with E-state index in [0.29, 0.717) is 11.3 Å². The molecule has 2 aromatic rings. The van der Waals surface area contributed by atoms with Crippen LogP contribution in [-0.4, -0.2) is 16.8 Å². The Hall–Kier alpha value is -2.95. The molecule has 0 saturated heterocycles. The zero-order valence-electron chi connectivity index (χ0n) is 13.1. The van der Waals surface area contributed by atoms with Crippen molar-refractivity contribution in [3.63, 3.8) is 0 Å². The summed E-state index contributed by atoms with van der Waals surface area (Å²) < 4.78 is 13.2. The molecule has 5 heteroatoms. The van der Waals surface area contributed by atoms with Crippen LogP contribution in [0.5, 0.6) is 0 Å². The molecule has 1 atom stereocenters. The van der Waals surface area contributed by atoms with Gasteiger partial charge in [0, 0.05) is 12.1 Å². The monoisotopic (exact) mass is 325 g/mol. The van der Waals surface area contributed by atoms with Crippen LogP contribution in [0.25, 0.3) is 0 Å². The van der Waals surface area contributed by atoms with Crippen LogP contribution in [0.4, 0.5) is 10.1 Å². The number of amides is 1. The first-order valence-electron chi connectivity index (χ1n) is 7.65. The van der Waals surface area contributed by atoms with E-state index >= 15 is 0 Å². The minimum Gasteiger partial charge on any atom is -0.503 e. The Labute approximate surface area is 138 Å². The SMILES string of the molecule is CCC(=O)C1=C(O)C(=O)N(c2ccc(F)cc2)C1c1ccccc1. The van der Waals surface area contributed by atoms with Gasteiger partial charge < -0.3 is 5.11 Å². The predicted molar refractivity (Wildman–Crippen MR) is 88.0 cm³/mol. The molecule has 0 aliphatic carbocycles. The molecule has 1 N–H and O–H groups in total. The predicted octanol–water partition coefficient (Wildman–Crippen LogP) is 3.70. The number of aliphatic hydroxyl groups is 1. The highest BCUT2D eigenvalue weighted by Crippen LogP contribution is 2.41. The lowest BCUT2D eigenvalue weighted by Gasteiger charge is -2.26. The Morgan fingerprint density at radius 1 is 1.12 bits per heavy atom. The number of Topliss-reactive ketones (excluding diaryl/α,β-unsaturated/α-hetero) is 1. The summed E-state index contributed by atoms with van der Waals surface area (Å²) >= 11 is 0. The van der Waals surface area contributed by atoms with Gasteiger partial charge in [-0.2, -0.15) is 0 Å². The maximum absolute atomic E-state index is 13.2. The van der Waals surface area contributed by atoms with Crippen molar-refractivity contribution in [2.75, 3.05) is 4.90 Å².